The summed E-state index contributed by atoms with van der Waals surface area (Å²) in [7, 11) is 1.78. The Bertz CT molecular complexity index is 625. The Balaban J connectivity index is 1.79. The summed E-state index contributed by atoms with van der Waals surface area (Å²) in [4.78, 5) is 4.26. The van der Waals surface area contributed by atoms with Gasteiger partial charge in [-0.25, -0.2) is 0 Å². The lowest BCUT2D eigenvalue weighted by atomic mass is 10.1. The van der Waals surface area contributed by atoms with Gasteiger partial charge in [0.05, 0.1) is 13.2 Å². The highest BCUT2D eigenvalue weighted by atomic mass is 16.5. The average molecular weight is 343 g/mol. The fourth-order valence-electron chi connectivity index (χ4n) is 2.44. The van der Waals surface area contributed by atoms with Crippen molar-refractivity contribution in [2.45, 2.75) is 32.9 Å². The molecule has 0 radical (unpaired) electrons. The lowest BCUT2D eigenvalue weighted by Gasteiger charge is -2.14. The van der Waals surface area contributed by atoms with E-state index in [-0.39, 0.29) is 0 Å². The third kappa shape index (κ3) is 6.97. The number of aromatic nitrogens is 2. The van der Waals surface area contributed by atoms with Gasteiger partial charge < -0.3 is 15.4 Å². The van der Waals surface area contributed by atoms with Gasteiger partial charge in [0, 0.05) is 39.1 Å². The van der Waals surface area contributed by atoms with Crippen molar-refractivity contribution in [2.24, 2.45) is 4.99 Å². The molecular weight excluding hydrogens is 314 g/mol. The van der Waals surface area contributed by atoms with Gasteiger partial charge >= 0.3 is 0 Å². The molecule has 2 aromatic rings. The third-order valence-electron chi connectivity index (χ3n) is 3.86. The summed E-state index contributed by atoms with van der Waals surface area (Å²) in [5.74, 6) is 0.785. The summed E-state index contributed by atoms with van der Waals surface area (Å²) in [5, 5.41) is 10.9. The Morgan fingerprint density at radius 1 is 1.16 bits per heavy atom. The highest BCUT2D eigenvalue weighted by molar-refractivity contribution is 5.79. The molecule has 0 atom stereocenters. The van der Waals surface area contributed by atoms with E-state index in [1.807, 2.05) is 16.9 Å². The second-order valence-corrected chi connectivity index (χ2v) is 5.79. The zero-order valence-corrected chi connectivity index (χ0v) is 15.2. The van der Waals surface area contributed by atoms with E-state index in [1.54, 1.807) is 13.2 Å². The van der Waals surface area contributed by atoms with Crippen molar-refractivity contribution in [3.05, 3.63) is 53.9 Å². The van der Waals surface area contributed by atoms with Crippen LogP contribution < -0.4 is 10.6 Å². The topological polar surface area (TPSA) is 63.5 Å². The fraction of sp³-hybridized carbons (Fsp3) is 0.474. The second-order valence-electron chi connectivity index (χ2n) is 5.79. The molecule has 0 fully saturated rings. The van der Waals surface area contributed by atoms with Gasteiger partial charge in [-0.1, -0.05) is 37.6 Å². The third-order valence-corrected chi connectivity index (χ3v) is 3.86. The van der Waals surface area contributed by atoms with Crippen LogP contribution >= 0.6 is 0 Å². The first-order chi connectivity index (χ1) is 12.3. The van der Waals surface area contributed by atoms with Crippen LogP contribution in [0.1, 0.15) is 30.9 Å². The van der Waals surface area contributed by atoms with Crippen LogP contribution in [0.15, 0.2) is 47.7 Å². The molecule has 0 aliphatic heterocycles. The summed E-state index contributed by atoms with van der Waals surface area (Å²) in [6.45, 7) is 5.91. The lowest BCUT2D eigenvalue weighted by Crippen LogP contribution is -2.38. The Morgan fingerprint density at radius 2 is 2.00 bits per heavy atom. The van der Waals surface area contributed by atoms with Gasteiger partial charge in [-0.2, -0.15) is 5.10 Å². The number of ether oxygens (including phenoxy) is 1. The molecule has 0 spiro atoms. The normalized spacial score (nSPS) is 11.5. The molecule has 25 heavy (non-hydrogen) atoms. The van der Waals surface area contributed by atoms with Crippen molar-refractivity contribution in [3.8, 4) is 0 Å². The minimum Gasteiger partial charge on any atom is -0.380 e. The van der Waals surface area contributed by atoms with Gasteiger partial charge in [-0.15, -0.1) is 0 Å². The van der Waals surface area contributed by atoms with Gasteiger partial charge in [0.2, 0.25) is 0 Å². The fourth-order valence-corrected chi connectivity index (χ4v) is 2.44. The van der Waals surface area contributed by atoms with E-state index in [9.17, 15) is 0 Å². The van der Waals surface area contributed by atoms with Crippen LogP contribution in [0.5, 0.6) is 0 Å². The number of guanidine groups is 1. The minimum absolute atomic E-state index is 0.691. The summed E-state index contributed by atoms with van der Waals surface area (Å²) < 4.78 is 7.48. The quantitative estimate of drug-likeness (QED) is 0.395. The van der Waals surface area contributed by atoms with E-state index < -0.39 is 0 Å². The molecule has 0 aliphatic rings. The molecule has 0 saturated heterocycles. The molecule has 0 aliphatic carbocycles. The number of hydrogen-bond donors (Lipinski definition) is 2. The Morgan fingerprint density at radius 3 is 2.72 bits per heavy atom. The van der Waals surface area contributed by atoms with Gasteiger partial charge in [0.15, 0.2) is 5.96 Å². The molecule has 2 rings (SSSR count). The monoisotopic (exact) mass is 343 g/mol. The van der Waals surface area contributed by atoms with Crippen molar-refractivity contribution in [3.63, 3.8) is 0 Å². The molecule has 0 amide bonds. The van der Waals surface area contributed by atoms with Crippen LogP contribution in [0.25, 0.3) is 0 Å². The van der Waals surface area contributed by atoms with E-state index >= 15 is 0 Å². The van der Waals surface area contributed by atoms with E-state index in [0.29, 0.717) is 13.2 Å². The Labute approximate surface area is 150 Å². The highest BCUT2D eigenvalue weighted by Gasteiger charge is 2.04. The lowest BCUT2D eigenvalue weighted by molar-refractivity contribution is 0.136. The van der Waals surface area contributed by atoms with Crippen molar-refractivity contribution in [1.29, 1.82) is 0 Å². The van der Waals surface area contributed by atoms with E-state index in [4.69, 9.17) is 4.74 Å². The Hall–Kier alpha value is -2.34. The van der Waals surface area contributed by atoms with Gasteiger partial charge in [-0.05, 0) is 23.6 Å². The van der Waals surface area contributed by atoms with Crippen LogP contribution in [0.2, 0.25) is 0 Å². The molecule has 1 aromatic carbocycles. The van der Waals surface area contributed by atoms with Gasteiger partial charge in [0.1, 0.15) is 0 Å². The SMILES string of the molecule is CCCCOCCNC(=NC)NCc1ccccc1Cn1cccn1. The number of unbranched alkanes of at least 4 members (excludes halogenated alkanes) is 1. The number of benzene rings is 1. The van der Waals surface area contributed by atoms with Crippen LogP contribution in [0.4, 0.5) is 0 Å². The van der Waals surface area contributed by atoms with Gasteiger partial charge in [-0.3, -0.25) is 9.67 Å². The second kappa shape index (κ2) is 11.3. The first-order valence-corrected chi connectivity index (χ1v) is 8.90. The summed E-state index contributed by atoms with van der Waals surface area (Å²) in [5.41, 5.74) is 2.48. The zero-order valence-electron chi connectivity index (χ0n) is 15.2. The molecular formula is C19H29N5O. The molecule has 136 valence electrons. The maximum atomic E-state index is 5.55. The van der Waals surface area contributed by atoms with Crippen LogP contribution in [0.3, 0.4) is 0 Å². The summed E-state index contributed by atoms with van der Waals surface area (Å²) >= 11 is 0. The Kier molecular flexibility index (Phi) is 8.55. The predicted octanol–water partition coefficient (Wildman–Crippen LogP) is 2.41. The summed E-state index contributed by atoms with van der Waals surface area (Å²) in [6, 6.07) is 10.3. The highest BCUT2D eigenvalue weighted by Crippen LogP contribution is 2.10. The van der Waals surface area contributed by atoms with Gasteiger partial charge in [0.25, 0.3) is 0 Å². The maximum Gasteiger partial charge on any atom is 0.191 e. The standard InChI is InChI=1S/C19H29N5O/c1-3-4-13-25-14-11-21-19(20-2)22-15-17-8-5-6-9-18(17)16-24-12-7-10-23-24/h5-10,12H,3-4,11,13-16H2,1-2H3,(H2,20,21,22). The summed E-state index contributed by atoms with van der Waals surface area (Å²) in [6.07, 6.45) is 6.05. The van der Waals surface area contributed by atoms with Crippen molar-refractivity contribution in [2.75, 3.05) is 26.8 Å². The smallest absolute Gasteiger partial charge is 0.191 e. The number of nitrogens with one attached hydrogen (secondary N) is 2. The van der Waals surface area contributed by atoms with Crippen LogP contribution in [0, 0.1) is 0 Å². The van der Waals surface area contributed by atoms with E-state index in [0.717, 1.165) is 38.5 Å². The average Bonchev–Trinajstić information content (AvgIpc) is 3.15. The molecule has 6 heteroatoms. The van der Waals surface area contributed by atoms with Crippen molar-refractivity contribution in [1.82, 2.24) is 20.4 Å². The van der Waals surface area contributed by atoms with Crippen molar-refractivity contribution < 1.29 is 4.74 Å². The zero-order chi connectivity index (χ0) is 17.7. The molecule has 2 N–H and O–H groups in total. The van der Waals surface area contributed by atoms with E-state index in [2.05, 4.69) is 51.9 Å². The number of nitrogens with zero attached hydrogens (tertiary/aromatic N) is 3. The molecule has 1 heterocycles. The molecule has 0 saturated carbocycles. The largest absolute Gasteiger partial charge is 0.380 e. The number of rotatable bonds is 10. The predicted molar refractivity (Wildman–Crippen MR) is 102 cm³/mol. The maximum absolute atomic E-state index is 5.55. The van der Waals surface area contributed by atoms with Crippen molar-refractivity contribution >= 4 is 5.96 Å². The van der Waals surface area contributed by atoms with Crippen LogP contribution in [-0.2, 0) is 17.8 Å². The molecule has 0 bridgehead atoms. The number of hydrogen-bond acceptors (Lipinski definition) is 3. The first-order valence-electron chi connectivity index (χ1n) is 8.90. The number of aliphatic imine (C=N–C) groups is 1. The molecule has 0 unspecified atom stereocenters. The first kappa shape index (κ1) is 19.0. The van der Waals surface area contributed by atoms with Crippen LogP contribution in [-0.4, -0.2) is 42.5 Å². The van der Waals surface area contributed by atoms with E-state index in [1.165, 1.54) is 11.1 Å². The molecule has 6 nitrogen and oxygen atoms in total. The minimum atomic E-state index is 0.691. The molecule has 1 aromatic heterocycles.